The molecule has 0 unspecified atom stereocenters. The van der Waals surface area contributed by atoms with Crippen LogP contribution < -0.4 is 0 Å². The number of carbonyl (C=O) groups excluding carboxylic acids is 1. The van der Waals surface area contributed by atoms with Crippen molar-refractivity contribution in [1.82, 2.24) is 4.90 Å². The molecule has 2 fully saturated rings. The standard InChI is InChI=1S/C13H21NO5/c1-12(2,3)19-11(17)14-6-9-4-5-18-8-13(9,7-14)10(15)16/h9H,4-8H2,1-3H3,(H,15,16)/t9-,13+/m0/s1. The molecule has 2 rings (SSSR count). The Morgan fingerprint density at radius 1 is 1.42 bits per heavy atom. The second kappa shape index (κ2) is 4.67. The van der Waals surface area contributed by atoms with E-state index in [1.54, 1.807) is 20.8 Å². The van der Waals surface area contributed by atoms with E-state index < -0.39 is 23.1 Å². The van der Waals surface area contributed by atoms with Crippen LogP contribution >= 0.6 is 0 Å². The highest BCUT2D eigenvalue weighted by atomic mass is 16.6. The number of aliphatic carboxylic acids is 1. The van der Waals surface area contributed by atoms with E-state index in [9.17, 15) is 14.7 Å². The molecule has 1 amide bonds. The zero-order valence-electron chi connectivity index (χ0n) is 11.6. The molecule has 1 N–H and O–H groups in total. The number of amides is 1. The molecule has 0 bridgehead atoms. The zero-order chi connectivity index (χ0) is 14.3. The number of fused-ring (bicyclic) bond motifs is 1. The molecule has 2 heterocycles. The third kappa shape index (κ3) is 2.68. The smallest absolute Gasteiger partial charge is 0.410 e. The average molecular weight is 271 g/mol. The maximum Gasteiger partial charge on any atom is 0.410 e. The number of hydrogen-bond donors (Lipinski definition) is 1. The minimum absolute atomic E-state index is 0.0498. The lowest BCUT2D eigenvalue weighted by Gasteiger charge is -2.33. The maximum atomic E-state index is 12.0. The second-order valence-electron chi connectivity index (χ2n) is 6.36. The number of hydrogen-bond acceptors (Lipinski definition) is 4. The predicted molar refractivity (Wildman–Crippen MR) is 66.8 cm³/mol. The summed E-state index contributed by atoms with van der Waals surface area (Å²) in [5.41, 5.74) is -1.53. The molecule has 0 spiro atoms. The number of likely N-dealkylation sites (tertiary alicyclic amines) is 1. The van der Waals surface area contributed by atoms with Crippen LogP contribution in [-0.4, -0.2) is 54.0 Å². The summed E-state index contributed by atoms with van der Waals surface area (Å²) in [6.45, 7) is 6.72. The first-order valence-electron chi connectivity index (χ1n) is 6.54. The van der Waals surface area contributed by atoms with Gasteiger partial charge in [-0.2, -0.15) is 0 Å². The van der Waals surface area contributed by atoms with E-state index in [0.29, 0.717) is 19.6 Å². The number of nitrogens with zero attached hydrogens (tertiary/aromatic N) is 1. The van der Waals surface area contributed by atoms with E-state index >= 15 is 0 Å². The summed E-state index contributed by atoms with van der Waals surface area (Å²) in [6, 6.07) is 0. The van der Waals surface area contributed by atoms with E-state index in [2.05, 4.69) is 0 Å². The Labute approximate surface area is 112 Å². The summed E-state index contributed by atoms with van der Waals surface area (Å²) >= 11 is 0. The lowest BCUT2D eigenvalue weighted by Crippen LogP contribution is -2.46. The van der Waals surface area contributed by atoms with Crippen LogP contribution in [0.3, 0.4) is 0 Å². The molecule has 2 aliphatic heterocycles. The van der Waals surface area contributed by atoms with Crippen LogP contribution in [0, 0.1) is 11.3 Å². The second-order valence-corrected chi connectivity index (χ2v) is 6.36. The fourth-order valence-corrected chi connectivity index (χ4v) is 2.76. The van der Waals surface area contributed by atoms with Gasteiger partial charge in [0.05, 0.1) is 6.61 Å². The monoisotopic (exact) mass is 271 g/mol. The normalized spacial score (nSPS) is 30.9. The van der Waals surface area contributed by atoms with Crippen molar-refractivity contribution in [2.24, 2.45) is 11.3 Å². The van der Waals surface area contributed by atoms with Gasteiger partial charge in [0.2, 0.25) is 0 Å². The third-order valence-electron chi connectivity index (χ3n) is 3.74. The molecular formula is C13H21NO5. The first-order valence-corrected chi connectivity index (χ1v) is 6.54. The Kier molecular flexibility index (Phi) is 3.47. The van der Waals surface area contributed by atoms with Crippen LogP contribution in [0.2, 0.25) is 0 Å². The van der Waals surface area contributed by atoms with Crippen molar-refractivity contribution < 1.29 is 24.2 Å². The Bertz CT molecular complexity index is 389. The van der Waals surface area contributed by atoms with Crippen molar-refractivity contribution in [2.75, 3.05) is 26.3 Å². The van der Waals surface area contributed by atoms with E-state index in [0.717, 1.165) is 0 Å². The summed E-state index contributed by atoms with van der Waals surface area (Å²) in [5, 5.41) is 9.47. The Morgan fingerprint density at radius 2 is 2.11 bits per heavy atom. The summed E-state index contributed by atoms with van der Waals surface area (Å²) in [4.78, 5) is 25.1. The van der Waals surface area contributed by atoms with E-state index in [1.165, 1.54) is 4.90 Å². The largest absolute Gasteiger partial charge is 0.481 e. The molecule has 0 radical (unpaired) electrons. The zero-order valence-corrected chi connectivity index (χ0v) is 11.6. The van der Waals surface area contributed by atoms with Gasteiger partial charge < -0.3 is 19.5 Å². The first-order chi connectivity index (χ1) is 8.74. The van der Waals surface area contributed by atoms with E-state index in [-0.39, 0.29) is 19.1 Å². The van der Waals surface area contributed by atoms with Crippen LogP contribution in [0.5, 0.6) is 0 Å². The molecule has 0 aliphatic carbocycles. The van der Waals surface area contributed by atoms with Gasteiger partial charge in [0.1, 0.15) is 11.0 Å². The van der Waals surface area contributed by atoms with Gasteiger partial charge in [-0.3, -0.25) is 4.79 Å². The summed E-state index contributed by atoms with van der Waals surface area (Å²) in [6.07, 6.45) is 0.230. The van der Waals surface area contributed by atoms with Crippen molar-refractivity contribution in [3.63, 3.8) is 0 Å². The van der Waals surface area contributed by atoms with E-state index in [4.69, 9.17) is 9.47 Å². The van der Waals surface area contributed by atoms with Crippen LogP contribution in [0.25, 0.3) is 0 Å². The van der Waals surface area contributed by atoms with Crippen LogP contribution in [0.4, 0.5) is 4.79 Å². The van der Waals surface area contributed by atoms with Crippen molar-refractivity contribution in [2.45, 2.75) is 32.8 Å². The third-order valence-corrected chi connectivity index (χ3v) is 3.74. The molecule has 2 atom stereocenters. The summed E-state index contributed by atoms with van der Waals surface area (Å²) in [7, 11) is 0. The minimum atomic E-state index is -0.963. The fraction of sp³-hybridized carbons (Fsp3) is 0.846. The van der Waals surface area contributed by atoms with Crippen LogP contribution in [-0.2, 0) is 14.3 Å². The summed E-state index contributed by atoms with van der Waals surface area (Å²) < 4.78 is 10.6. The highest BCUT2D eigenvalue weighted by Gasteiger charge is 2.55. The molecule has 2 aliphatic rings. The molecule has 6 heteroatoms. The molecule has 0 aromatic carbocycles. The Balaban J connectivity index is 2.11. The van der Waals surface area contributed by atoms with Crippen molar-refractivity contribution >= 4 is 12.1 Å². The maximum absolute atomic E-state index is 12.0. The number of ether oxygens (including phenoxy) is 2. The predicted octanol–water partition coefficient (Wildman–Crippen LogP) is 1.34. The van der Waals surface area contributed by atoms with Crippen molar-refractivity contribution in [3.05, 3.63) is 0 Å². The van der Waals surface area contributed by atoms with Crippen LogP contribution in [0.1, 0.15) is 27.2 Å². The van der Waals surface area contributed by atoms with Gasteiger partial charge in [0.15, 0.2) is 0 Å². The first kappa shape index (κ1) is 14.1. The minimum Gasteiger partial charge on any atom is -0.481 e. The van der Waals surface area contributed by atoms with Gasteiger partial charge in [-0.1, -0.05) is 0 Å². The van der Waals surface area contributed by atoms with Gasteiger partial charge in [0, 0.05) is 19.7 Å². The molecule has 108 valence electrons. The SMILES string of the molecule is CC(C)(C)OC(=O)N1C[C@@H]2CCOC[C@]2(C(=O)O)C1. The molecule has 0 aromatic rings. The van der Waals surface area contributed by atoms with Crippen LogP contribution in [0.15, 0.2) is 0 Å². The molecule has 19 heavy (non-hydrogen) atoms. The van der Waals surface area contributed by atoms with Crippen molar-refractivity contribution in [3.8, 4) is 0 Å². The highest BCUT2D eigenvalue weighted by molar-refractivity contribution is 5.78. The van der Waals surface area contributed by atoms with Gasteiger partial charge in [-0.15, -0.1) is 0 Å². The van der Waals surface area contributed by atoms with Gasteiger partial charge >= 0.3 is 12.1 Å². The molecule has 2 saturated heterocycles. The lowest BCUT2D eigenvalue weighted by atomic mass is 9.76. The summed E-state index contributed by atoms with van der Waals surface area (Å²) in [5.74, 6) is -0.936. The van der Waals surface area contributed by atoms with Gasteiger partial charge in [-0.05, 0) is 33.1 Å². The quantitative estimate of drug-likeness (QED) is 0.779. The highest BCUT2D eigenvalue weighted by Crippen LogP contribution is 2.42. The van der Waals surface area contributed by atoms with Crippen molar-refractivity contribution in [1.29, 1.82) is 0 Å². The average Bonchev–Trinajstić information content (AvgIpc) is 2.67. The topological polar surface area (TPSA) is 76.1 Å². The number of carboxylic acids is 1. The Morgan fingerprint density at radius 3 is 2.63 bits per heavy atom. The molecule has 6 nitrogen and oxygen atoms in total. The molecule has 0 aromatic heterocycles. The van der Waals surface area contributed by atoms with E-state index in [1.807, 2.05) is 0 Å². The number of rotatable bonds is 1. The fourth-order valence-electron chi connectivity index (χ4n) is 2.76. The van der Waals surface area contributed by atoms with Gasteiger partial charge in [-0.25, -0.2) is 4.79 Å². The lowest BCUT2D eigenvalue weighted by molar-refractivity contribution is -0.159. The molecule has 0 saturated carbocycles. The number of carboxylic acid groups (broad SMARTS) is 1. The number of carbonyl (C=O) groups is 2. The molecular weight excluding hydrogens is 250 g/mol. The van der Waals surface area contributed by atoms with Gasteiger partial charge in [0.25, 0.3) is 0 Å². The Hall–Kier alpha value is -1.30.